The van der Waals surface area contributed by atoms with E-state index in [4.69, 9.17) is 11.6 Å². The molecule has 56 valence electrons. The van der Waals surface area contributed by atoms with E-state index in [-0.39, 0.29) is 5.83 Å². The second-order valence-electron chi connectivity index (χ2n) is 2.38. The Morgan fingerprint density at radius 2 is 2.30 bits per heavy atom. The third kappa shape index (κ3) is 1.32. The summed E-state index contributed by atoms with van der Waals surface area (Å²) in [6, 6.07) is 0. The maximum absolute atomic E-state index is 12.8. The summed E-state index contributed by atoms with van der Waals surface area (Å²) < 4.78 is 12.8. The molecule has 1 aliphatic rings. The zero-order valence-corrected chi connectivity index (χ0v) is 6.74. The highest BCUT2D eigenvalue weighted by Crippen LogP contribution is 2.21. The van der Waals surface area contributed by atoms with Crippen LogP contribution in [0.4, 0.5) is 4.39 Å². The molecular weight excluding hydrogens is 153 g/mol. The fourth-order valence-electron chi connectivity index (χ4n) is 0.815. The van der Waals surface area contributed by atoms with Gasteiger partial charge in [-0.1, -0.05) is 11.6 Å². The average molecular weight is 162 g/mol. The zero-order chi connectivity index (χ0) is 7.72. The Kier molecular flexibility index (Phi) is 2.00. The average Bonchev–Trinajstić information content (AvgIpc) is 1.82. The summed E-state index contributed by atoms with van der Waals surface area (Å²) in [4.78, 5) is 1.78. The van der Waals surface area contributed by atoms with Gasteiger partial charge < -0.3 is 4.90 Å². The van der Waals surface area contributed by atoms with Gasteiger partial charge in [-0.15, -0.1) is 0 Å². The van der Waals surface area contributed by atoms with Crippen LogP contribution in [-0.2, 0) is 0 Å². The topological polar surface area (TPSA) is 3.24 Å². The van der Waals surface area contributed by atoms with E-state index in [1.54, 1.807) is 11.8 Å². The molecule has 0 N–H and O–H groups in total. The van der Waals surface area contributed by atoms with E-state index in [1.165, 1.54) is 6.08 Å². The third-order valence-electron chi connectivity index (χ3n) is 1.59. The molecule has 0 aliphatic carbocycles. The fourth-order valence-corrected chi connectivity index (χ4v) is 1.09. The van der Waals surface area contributed by atoms with E-state index in [0.717, 1.165) is 0 Å². The van der Waals surface area contributed by atoms with Crippen molar-refractivity contribution in [1.29, 1.82) is 0 Å². The van der Waals surface area contributed by atoms with Crippen LogP contribution in [0.5, 0.6) is 0 Å². The highest BCUT2D eigenvalue weighted by Gasteiger charge is 2.12. The molecule has 0 radical (unpaired) electrons. The molecule has 0 aromatic carbocycles. The molecule has 0 saturated heterocycles. The molecule has 0 aromatic heterocycles. The summed E-state index contributed by atoms with van der Waals surface area (Å²) in [7, 11) is 1.81. The minimum atomic E-state index is -0.237. The molecule has 0 unspecified atom stereocenters. The number of hydrogen-bond acceptors (Lipinski definition) is 1. The Balaban J connectivity index is 2.92. The van der Waals surface area contributed by atoms with Crippen molar-refractivity contribution in [2.45, 2.75) is 6.92 Å². The summed E-state index contributed by atoms with van der Waals surface area (Å²) >= 11 is 5.62. The molecule has 0 fully saturated rings. The number of rotatable bonds is 0. The SMILES string of the molecule is CC1=C(F)C=C(Cl)CN1C. The smallest absolute Gasteiger partial charge is 0.143 e. The predicted molar refractivity (Wildman–Crippen MR) is 40.4 cm³/mol. The quantitative estimate of drug-likeness (QED) is 0.527. The van der Waals surface area contributed by atoms with Gasteiger partial charge in [-0.3, -0.25) is 0 Å². The molecule has 0 atom stereocenters. The Bertz CT molecular complexity index is 208. The lowest BCUT2D eigenvalue weighted by atomic mass is 10.2. The minimum Gasteiger partial charge on any atom is -0.371 e. The largest absolute Gasteiger partial charge is 0.371 e. The van der Waals surface area contributed by atoms with Crippen LogP contribution in [0.1, 0.15) is 6.92 Å². The van der Waals surface area contributed by atoms with Gasteiger partial charge in [0.05, 0.1) is 6.54 Å². The molecule has 1 heterocycles. The van der Waals surface area contributed by atoms with Crippen molar-refractivity contribution in [2.24, 2.45) is 0 Å². The van der Waals surface area contributed by atoms with E-state index in [2.05, 4.69) is 0 Å². The third-order valence-corrected chi connectivity index (χ3v) is 1.82. The monoisotopic (exact) mass is 161 g/mol. The normalized spacial score (nSPS) is 19.6. The summed E-state index contributed by atoms with van der Waals surface area (Å²) in [6.45, 7) is 2.34. The first-order valence-electron chi connectivity index (χ1n) is 3.05. The second-order valence-corrected chi connectivity index (χ2v) is 2.87. The molecule has 0 amide bonds. The fraction of sp³-hybridized carbons (Fsp3) is 0.429. The van der Waals surface area contributed by atoms with E-state index in [1.807, 2.05) is 7.05 Å². The molecule has 1 nitrogen and oxygen atoms in total. The number of likely N-dealkylation sites (N-methyl/N-ethyl adjacent to an activating group) is 1. The van der Waals surface area contributed by atoms with Gasteiger partial charge in [0.15, 0.2) is 0 Å². The lowest BCUT2D eigenvalue weighted by molar-refractivity contribution is 0.426. The first-order valence-corrected chi connectivity index (χ1v) is 3.42. The van der Waals surface area contributed by atoms with Crippen LogP contribution in [0.3, 0.4) is 0 Å². The van der Waals surface area contributed by atoms with Gasteiger partial charge in [-0.05, 0) is 13.0 Å². The van der Waals surface area contributed by atoms with Gasteiger partial charge in [-0.2, -0.15) is 0 Å². The molecule has 0 aromatic rings. The Morgan fingerprint density at radius 1 is 1.70 bits per heavy atom. The van der Waals surface area contributed by atoms with Crippen LogP contribution in [-0.4, -0.2) is 18.5 Å². The molecule has 0 spiro atoms. The van der Waals surface area contributed by atoms with Gasteiger partial charge >= 0.3 is 0 Å². The van der Waals surface area contributed by atoms with Gasteiger partial charge in [0.25, 0.3) is 0 Å². The predicted octanol–water partition coefficient (Wildman–Crippen LogP) is 2.26. The van der Waals surface area contributed by atoms with Crippen molar-refractivity contribution in [3.63, 3.8) is 0 Å². The maximum atomic E-state index is 12.8. The molecule has 0 bridgehead atoms. The van der Waals surface area contributed by atoms with Crippen LogP contribution in [0.15, 0.2) is 22.6 Å². The molecule has 10 heavy (non-hydrogen) atoms. The number of nitrogens with zero attached hydrogens (tertiary/aromatic N) is 1. The molecule has 3 heteroatoms. The highest BCUT2D eigenvalue weighted by atomic mass is 35.5. The van der Waals surface area contributed by atoms with E-state index >= 15 is 0 Å². The second kappa shape index (κ2) is 2.62. The Labute approximate surface area is 64.8 Å². The van der Waals surface area contributed by atoms with Crippen molar-refractivity contribution >= 4 is 11.6 Å². The number of hydrogen-bond donors (Lipinski definition) is 0. The standard InChI is InChI=1S/C7H9ClFN/c1-5-7(9)3-6(8)4-10(5)2/h3H,4H2,1-2H3. The van der Waals surface area contributed by atoms with Crippen LogP contribution in [0.2, 0.25) is 0 Å². The van der Waals surface area contributed by atoms with Crippen molar-refractivity contribution in [3.8, 4) is 0 Å². The Hall–Kier alpha value is -0.500. The van der Waals surface area contributed by atoms with E-state index in [0.29, 0.717) is 17.3 Å². The van der Waals surface area contributed by atoms with Gasteiger partial charge in [0.1, 0.15) is 5.83 Å². The van der Waals surface area contributed by atoms with Crippen molar-refractivity contribution in [2.75, 3.05) is 13.6 Å². The van der Waals surface area contributed by atoms with Crippen LogP contribution in [0.25, 0.3) is 0 Å². The summed E-state index contributed by atoms with van der Waals surface area (Å²) in [5.74, 6) is -0.237. The van der Waals surface area contributed by atoms with Gasteiger partial charge in [-0.25, -0.2) is 4.39 Å². The number of allylic oxidation sites excluding steroid dienone is 3. The summed E-state index contributed by atoms with van der Waals surface area (Å²) in [5.41, 5.74) is 0.643. The van der Waals surface area contributed by atoms with Crippen molar-refractivity contribution in [3.05, 3.63) is 22.6 Å². The molecule has 1 aliphatic heterocycles. The minimum absolute atomic E-state index is 0.237. The lowest BCUT2D eigenvalue weighted by Crippen LogP contribution is -2.21. The number of halogens is 2. The summed E-state index contributed by atoms with van der Waals surface area (Å²) in [5, 5.41) is 0.547. The first kappa shape index (κ1) is 7.61. The lowest BCUT2D eigenvalue weighted by Gasteiger charge is -2.22. The van der Waals surface area contributed by atoms with Crippen molar-refractivity contribution < 1.29 is 4.39 Å². The summed E-state index contributed by atoms with van der Waals surface area (Å²) in [6.07, 6.45) is 1.36. The van der Waals surface area contributed by atoms with E-state index in [9.17, 15) is 4.39 Å². The van der Waals surface area contributed by atoms with Crippen LogP contribution in [0, 0.1) is 0 Å². The molecular formula is C7H9ClFN. The van der Waals surface area contributed by atoms with Gasteiger partial charge in [0, 0.05) is 17.8 Å². The zero-order valence-electron chi connectivity index (χ0n) is 5.99. The van der Waals surface area contributed by atoms with Crippen molar-refractivity contribution in [1.82, 2.24) is 4.90 Å². The first-order chi connectivity index (χ1) is 4.61. The van der Waals surface area contributed by atoms with Crippen LogP contribution >= 0.6 is 11.6 Å². The van der Waals surface area contributed by atoms with Crippen LogP contribution < -0.4 is 0 Å². The highest BCUT2D eigenvalue weighted by molar-refractivity contribution is 6.30. The Morgan fingerprint density at radius 3 is 2.80 bits per heavy atom. The molecule has 0 saturated carbocycles. The maximum Gasteiger partial charge on any atom is 0.143 e. The van der Waals surface area contributed by atoms with Gasteiger partial charge in [0.2, 0.25) is 0 Å². The van der Waals surface area contributed by atoms with E-state index < -0.39 is 0 Å². The molecule has 1 rings (SSSR count).